The summed E-state index contributed by atoms with van der Waals surface area (Å²) in [5.74, 6) is -1.59. The molecule has 1 aromatic rings. The lowest BCUT2D eigenvalue weighted by Crippen LogP contribution is -2.76. The van der Waals surface area contributed by atoms with E-state index in [0.29, 0.717) is 31.3 Å². The Kier molecular flexibility index (Phi) is 6.78. The molecule has 1 aromatic carbocycles. The van der Waals surface area contributed by atoms with Gasteiger partial charge >= 0.3 is 11.9 Å². The van der Waals surface area contributed by atoms with E-state index >= 15 is 0 Å². The van der Waals surface area contributed by atoms with Gasteiger partial charge in [0.25, 0.3) is 0 Å². The standard InChI is InChI=1S/C30H43N3O5/c1-16(34)38-23-15-29(3)20(24(23)18(27(36)37)13-17-7-5-4-6-8-17)14-21(31)26-28(2)11-10-22(35)25(32)19(28)9-12-30(26,29)33/h4-8,19-23,25-26,35H,9-15,31-33H2,1-3H3,(H,36,37)/b24-18-/t19-,20-,21-,22+,23-,25-,26-,28-,29-,30+/m0/s1. The van der Waals surface area contributed by atoms with E-state index in [2.05, 4.69) is 13.8 Å². The van der Waals surface area contributed by atoms with Crippen molar-refractivity contribution in [2.75, 3.05) is 0 Å². The van der Waals surface area contributed by atoms with Crippen molar-refractivity contribution >= 4 is 11.9 Å². The first-order valence-corrected chi connectivity index (χ1v) is 14.0. The number of aliphatic hydroxyl groups is 1. The first-order chi connectivity index (χ1) is 17.8. The molecule has 4 fully saturated rings. The largest absolute Gasteiger partial charge is 0.478 e. The van der Waals surface area contributed by atoms with Crippen LogP contribution in [0.3, 0.4) is 0 Å². The number of aliphatic hydroxyl groups excluding tert-OH is 1. The average Bonchev–Trinajstić information content (AvgIpc) is 3.12. The monoisotopic (exact) mass is 525 g/mol. The molecule has 0 amide bonds. The van der Waals surface area contributed by atoms with E-state index < -0.39 is 35.1 Å². The minimum Gasteiger partial charge on any atom is -0.478 e. The van der Waals surface area contributed by atoms with Gasteiger partial charge < -0.3 is 32.2 Å². The molecule has 8 N–H and O–H groups in total. The molecule has 10 atom stereocenters. The molecular formula is C30H43N3O5. The quantitative estimate of drug-likeness (QED) is 0.296. The number of carboxylic acid groups (broad SMARTS) is 1. The smallest absolute Gasteiger partial charge is 0.332 e. The van der Waals surface area contributed by atoms with Gasteiger partial charge in [-0.1, -0.05) is 44.2 Å². The van der Waals surface area contributed by atoms with Crippen LogP contribution >= 0.6 is 0 Å². The molecule has 0 saturated heterocycles. The van der Waals surface area contributed by atoms with E-state index in [1.54, 1.807) is 0 Å². The number of nitrogens with two attached hydrogens (primary N) is 3. The van der Waals surface area contributed by atoms with Crippen molar-refractivity contribution in [1.82, 2.24) is 0 Å². The molecular weight excluding hydrogens is 482 g/mol. The number of benzene rings is 1. The number of ether oxygens (including phenoxy) is 1. The topological polar surface area (TPSA) is 162 Å². The van der Waals surface area contributed by atoms with Crippen LogP contribution in [0.15, 0.2) is 41.5 Å². The van der Waals surface area contributed by atoms with Crippen LogP contribution in [0.5, 0.6) is 0 Å². The van der Waals surface area contributed by atoms with Crippen LogP contribution in [-0.2, 0) is 20.7 Å². The van der Waals surface area contributed by atoms with Crippen LogP contribution < -0.4 is 17.2 Å². The number of fused-ring (bicyclic) bond motifs is 5. The molecule has 0 spiro atoms. The molecule has 0 unspecified atom stereocenters. The number of carboxylic acids is 1. The predicted molar refractivity (Wildman–Crippen MR) is 144 cm³/mol. The zero-order valence-corrected chi connectivity index (χ0v) is 22.7. The number of carbonyl (C=O) groups is 2. The minimum atomic E-state index is -1.00. The Morgan fingerprint density at radius 3 is 2.42 bits per heavy atom. The molecule has 8 nitrogen and oxygen atoms in total. The molecule has 0 heterocycles. The molecule has 0 aliphatic heterocycles. The lowest BCUT2D eigenvalue weighted by atomic mass is 9.39. The molecule has 38 heavy (non-hydrogen) atoms. The molecule has 4 saturated carbocycles. The lowest BCUT2D eigenvalue weighted by Gasteiger charge is -2.68. The van der Waals surface area contributed by atoms with Gasteiger partial charge in [-0.15, -0.1) is 0 Å². The van der Waals surface area contributed by atoms with E-state index in [9.17, 15) is 19.8 Å². The third-order valence-corrected chi connectivity index (χ3v) is 11.1. The number of aliphatic carboxylic acids is 1. The van der Waals surface area contributed by atoms with Crippen molar-refractivity contribution < 1.29 is 24.5 Å². The maximum atomic E-state index is 12.8. The van der Waals surface area contributed by atoms with Crippen molar-refractivity contribution in [2.45, 2.75) is 95.5 Å². The number of esters is 1. The van der Waals surface area contributed by atoms with Crippen molar-refractivity contribution in [3.8, 4) is 0 Å². The number of carbonyl (C=O) groups excluding carboxylic acids is 1. The van der Waals surface area contributed by atoms with Gasteiger partial charge in [0.15, 0.2) is 0 Å². The highest BCUT2D eigenvalue weighted by molar-refractivity contribution is 5.89. The number of hydrogen-bond acceptors (Lipinski definition) is 7. The van der Waals surface area contributed by atoms with Crippen LogP contribution in [0.2, 0.25) is 0 Å². The van der Waals surface area contributed by atoms with Gasteiger partial charge in [-0.05, 0) is 78.2 Å². The SMILES string of the molecule is CC(=O)O[C@H]1C[C@@]2(C)[C@@H](C[C@H](N)[C@H]3[C@@]4(C)CC[C@@H](O)[C@@H](N)[C@@H]4CC[C@@]32N)/C1=C(\Cc1ccccc1)C(=O)O. The normalized spacial score (nSPS) is 45.4. The molecule has 5 rings (SSSR count). The molecule has 0 radical (unpaired) electrons. The zero-order chi connectivity index (χ0) is 27.6. The Labute approximate surface area is 225 Å². The second-order valence-corrected chi connectivity index (χ2v) is 12.9. The first-order valence-electron chi connectivity index (χ1n) is 14.0. The Morgan fingerprint density at radius 1 is 1.11 bits per heavy atom. The van der Waals surface area contributed by atoms with E-state index in [1.807, 2.05) is 30.3 Å². The summed E-state index contributed by atoms with van der Waals surface area (Å²) >= 11 is 0. The third kappa shape index (κ3) is 3.95. The minimum absolute atomic E-state index is 0.0479. The van der Waals surface area contributed by atoms with Gasteiger partial charge in [0.05, 0.1) is 6.10 Å². The number of rotatable bonds is 4. The Morgan fingerprint density at radius 2 is 1.79 bits per heavy atom. The van der Waals surface area contributed by atoms with Crippen LogP contribution in [-0.4, -0.2) is 52.0 Å². The maximum Gasteiger partial charge on any atom is 0.332 e. The van der Waals surface area contributed by atoms with Gasteiger partial charge in [-0.3, -0.25) is 4.79 Å². The summed E-state index contributed by atoms with van der Waals surface area (Å²) in [6, 6.07) is 8.92. The van der Waals surface area contributed by atoms with Crippen molar-refractivity contribution in [3.63, 3.8) is 0 Å². The Bertz CT molecular complexity index is 1140. The van der Waals surface area contributed by atoms with E-state index in [1.165, 1.54) is 6.92 Å². The highest BCUT2D eigenvalue weighted by Gasteiger charge is 2.71. The first kappa shape index (κ1) is 27.3. The average molecular weight is 526 g/mol. The van der Waals surface area contributed by atoms with Crippen molar-refractivity contribution in [3.05, 3.63) is 47.0 Å². The van der Waals surface area contributed by atoms with Crippen LogP contribution in [0, 0.1) is 28.6 Å². The fraction of sp³-hybridized carbons (Fsp3) is 0.667. The molecule has 0 aromatic heterocycles. The summed E-state index contributed by atoms with van der Waals surface area (Å²) in [7, 11) is 0. The van der Waals surface area contributed by atoms with Crippen molar-refractivity contribution in [1.29, 1.82) is 0 Å². The Balaban J connectivity index is 1.63. The summed E-state index contributed by atoms with van der Waals surface area (Å²) in [5, 5.41) is 21.0. The second kappa shape index (κ2) is 9.44. The van der Waals surface area contributed by atoms with E-state index in [0.717, 1.165) is 18.4 Å². The van der Waals surface area contributed by atoms with Gasteiger partial charge in [-0.25, -0.2) is 4.79 Å². The zero-order valence-electron chi connectivity index (χ0n) is 22.7. The van der Waals surface area contributed by atoms with Gasteiger partial charge in [0.2, 0.25) is 0 Å². The fourth-order valence-corrected chi connectivity index (χ4v) is 9.43. The molecule has 4 aliphatic rings. The summed E-state index contributed by atoms with van der Waals surface area (Å²) in [4.78, 5) is 25.0. The van der Waals surface area contributed by atoms with E-state index in [4.69, 9.17) is 21.9 Å². The lowest BCUT2D eigenvalue weighted by molar-refractivity contribution is -0.160. The maximum absolute atomic E-state index is 12.8. The molecule has 4 aliphatic carbocycles. The Hall–Kier alpha value is -2.26. The van der Waals surface area contributed by atoms with Crippen LogP contribution in [0.25, 0.3) is 0 Å². The fourth-order valence-electron chi connectivity index (χ4n) is 9.43. The summed E-state index contributed by atoms with van der Waals surface area (Å²) in [5.41, 5.74) is 21.5. The van der Waals surface area contributed by atoms with Crippen molar-refractivity contribution in [2.24, 2.45) is 45.8 Å². The van der Waals surface area contributed by atoms with Crippen LogP contribution in [0.1, 0.15) is 64.9 Å². The summed E-state index contributed by atoms with van der Waals surface area (Å²) in [6.07, 6.45) is 2.97. The molecule has 208 valence electrons. The summed E-state index contributed by atoms with van der Waals surface area (Å²) < 4.78 is 5.86. The summed E-state index contributed by atoms with van der Waals surface area (Å²) in [6.45, 7) is 5.77. The molecule has 0 bridgehead atoms. The molecule has 8 heteroatoms. The van der Waals surface area contributed by atoms with Gasteiger partial charge in [0, 0.05) is 36.5 Å². The second-order valence-electron chi connectivity index (χ2n) is 12.9. The highest BCUT2D eigenvalue weighted by Crippen LogP contribution is 2.69. The van der Waals surface area contributed by atoms with E-state index in [-0.39, 0.29) is 47.2 Å². The van der Waals surface area contributed by atoms with Crippen LogP contribution in [0.4, 0.5) is 0 Å². The third-order valence-electron chi connectivity index (χ3n) is 11.1. The highest BCUT2D eigenvalue weighted by atomic mass is 16.5. The predicted octanol–water partition coefficient (Wildman–Crippen LogP) is 2.51. The van der Waals surface area contributed by atoms with Gasteiger partial charge in [0.1, 0.15) is 6.10 Å². The van der Waals surface area contributed by atoms with Gasteiger partial charge in [-0.2, -0.15) is 0 Å². The number of hydrogen-bond donors (Lipinski definition) is 5.